The first-order valence-corrected chi connectivity index (χ1v) is 12.4. The van der Waals surface area contributed by atoms with E-state index in [1.165, 1.54) is 19.3 Å². The summed E-state index contributed by atoms with van der Waals surface area (Å²) in [7, 11) is 1.92. The molecular formula is C28H34N4O3. The quantitative estimate of drug-likeness (QED) is 0.425. The molecule has 1 aromatic carbocycles. The second kappa shape index (κ2) is 11.8. The van der Waals surface area contributed by atoms with Crippen LogP contribution in [0, 0.1) is 12.8 Å². The van der Waals surface area contributed by atoms with E-state index in [-0.39, 0.29) is 17.9 Å². The van der Waals surface area contributed by atoms with Crippen LogP contribution in [0.25, 0.3) is 11.3 Å². The lowest BCUT2D eigenvalue weighted by Crippen LogP contribution is -2.46. The van der Waals surface area contributed by atoms with Gasteiger partial charge in [-0.25, -0.2) is 4.98 Å². The van der Waals surface area contributed by atoms with Gasteiger partial charge in [0.25, 0.3) is 11.8 Å². The van der Waals surface area contributed by atoms with Gasteiger partial charge in [-0.2, -0.15) is 0 Å². The summed E-state index contributed by atoms with van der Waals surface area (Å²) in [6, 6.07) is 16.7. The number of rotatable bonds is 9. The highest BCUT2D eigenvalue weighted by Crippen LogP contribution is 2.27. The number of benzene rings is 1. The van der Waals surface area contributed by atoms with Gasteiger partial charge in [-0.1, -0.05) is 43.5 Å². The minimum Gasteiger partial charge on any atom is -0.451 e. The van der Waals surface area contributed by atoms with Gasteiger partial charge >= 0.3 is 0 Å². The van der Waals surface area contributed by atoms with E-state index in [1.807, 2.05) is 56.4 Å². The maximum absolute atomic E-state index is 12.9. The van der Waals surface area contributed by atoms with Crippen LogP contribution in [0.3, 0.4) is 0 Å². The van der Waals surface area contributed by atoms with E-state index < -0.39 is 0 Å². The average Bonchev–Trinajstić information content (AvgIpc) is 3.38. The molecule has 35 heavy (non-hydrogen) atoms. The highest BCUT2D eigenvalue weighted by molar-refractivity contribution is 5.92. The van der Waals surface area contributed by atoms with E-state index >= 15 is 0 Å². The minimum absolute atomic E-state index is 0.0937. The summed E-state index contributed by atoms with van der Waals surface area (Å²) in [6.45, 7) is 2.97. The predicted octanol–water partition coefficient (Wildman–Crippen LogP) is 4.48. The van der Waals surface area contributed by atoms with Crippen LogP contribution < -0.4 is 16.0 Å². The summed E-state index contributed by atoms with van der Waals surface area (Å²) in [6.07, 6.45) is 6.04. The van der Waals surface area contributed by atoms with Gasteiger partial charge in [0.2, 0.25) is 0 Å². The van der Waals surface area contributed by atoms with E-state index in [2.05, 4.69) is 20.9 Å². The number of carbonyl (C=O) groups excluding carboxylic acids is 2. The zero-order valence-electron chi connectivity index (χ0n) is 20.5. The largest absolute Gasteiger partial charge is 0.451 e. The molecule has 1 unspecified atom stereocenters. The number of pyridine rings is 1. The minimum atomic E-state index is -0.217. The van der Waals surface area contributed by atoms with Crippen molar-refractivity contribution >= 4 is 11.8 Å². The third-order valence-corrected chi connectivity index (χ3v) is 6.57. The summed E-state index contributed by atoms with van der Waals surface area (Å²) in [5.41, 5.74) is 2.97. The van der Waals surface area contributed by atoms with Gasteiger partial charge in [-0.3, -0.25) is 9.59 Å². The van der Waals surface area contributed by atoms with E-state index in [9.17, 15) is 9.59 Å². The zero-order chi connectivity index (χ0) is 24.6. The molecule has 184 valence electrons. The topological polar surface area (TPSA) is 96.3 Å². The number of likely N-dealkylation sites (N-methyl/N-ethyl adjacent to an activating group) is 1. The highest BCUT2D eigenvalue weighted by Gasteiger charge is 2.26. The van der Waals surface area contributed by atoms with Gasteiger partial charge in [-0.05, 0) is 68.6 Å². The summed E-state index contributed by atoms with van der Waals surface area (Å²) in [5.74, 6) is 1.02. The van der Waals surface area contributed by atoms with Gasteiger partial charge in [-0.15, -0.1) is 0 Å². The Balaban J connectivity index is 1.39. The second-order valence-corrected chi connectivity index (χ2v) is 9.25. The van der Waals surface area contributed by atoms with Crippen molar-refractivity contribution in [3.63, 3.8) is 0 Å². The molecule has 1 aliphatic carbocycles. The van der Waals surface area contributed by atoms with Crippen LogP contribution >= 0.6 is 0 Å². The summed E-state index contributed by atoms with van der Waals surface area (Å²) in [5, 5.41) is 9.30. The van der Waals surface area contributed by atoms with Crippen molar-refractivity contribution in [2.75, 3.05) is 13.6 Å². The molecule has 0 saturated heterocycles. The average molecular weight is 475 g/mol. The fourth-order valence-corrected chi connectivity index (χ4v) is 4.72. The fourth-order valence-electron chi connectivity index (χ4n) is 4.72. The molecule has 0 radical (unpaired) electrons. The molecule has 2 heterocycles. The standard InChI is InChI=1S/C28H34N4O3/c1-19-8-6-13-23(31-19)27(33)30-17-20-9-7-12-22(16-20)25-14-15-26(35-25)28(34)32-24(18-29-2)21-10-4-3-5-11-21/h6-9,12-16,21,24,29H,3-5,10-11,17-18H2,1-2H3,(H,30,33)(H,32,34). The van der Waals surface area contributed by atoms with Crippen molar-refractivity contribution in [3.8, 4) is 11.3 Å². The maximum atomic E-state index is 12.9. The summed E-state index contributed by atoms with van der Waals surface area (Å²) in [4.78, 5) is 29.6. The molecule has 7 heteroatoms. The molecule has 0 aliphatic heterocycles. The number of furan rings is 1. The summed E-state index contributed by atoms with van der Waals surface area (Å²) < 4.78 is 5.93. The summed E-state index contributed by atoms with van der Waals surface area (Å²) >= 11 is 0. The van der Waals surface area contributed by atoms with Gasteiger partial charge in [0.1, 0.15) is 11.5 Å². The number of amides is 2. The molecule has 2 amide bonds. The maximum Gasteiger partial charge on any atom is 0.287 e. The van der Waals surface area contributed by atoms with Crippen LogP contribution in [0.15, 0.2) is 59.0 Å². The van der Waals surface area contributed by atoms with E-state index in [4.69, 9.17) is 4.42 Å². The molecule has 3 N–H and O–H groups in total. The Kier molecular flexibility index (Phi) is 8.32. The van der Waals surface area contributed by atoms with Crippen LogP contribution in [-0.2, 0) is 6.54 Å². The number of aryl methyl sites for hydroxylation is 1. The molecule has 1 atom stereocenters. The first kappa shape index (κ1) is 24.7. The number of nitrogens with zero attached hydrogens (tertiary/aromatic N) is 1. The number of hydrogen-bond donors (Lipinski definition) is 3. The van der Waals surface area contributed by atoms with Crippen LogP contribution in [0.4, 0.5) is 0 Å². The Bertz CT molecular complexity index is 1150. The normalized spacial score (nSPS) is 14.9. The first-order valence-electron chi connectivity index (χ1n) is 12.4. The molecule has 7 nitrogen and oxygen atoms in total. The van der Waals surface area contributed by atoms with Crippen LogP contribution in [-0.4, -0.2) is 36.4 Å². The van der Waals surface area contributed by atoms with Crippen molar-refractivity contribution in [1.29, 1.82) is 0 Å². The molecule has 4 rings (SSSR count). The number of hydrogen-bond acceptors (Lipinski definition) is 5. The Morgan fingerprint density at radius 2 is 1.83 bits per heavy atom. The van der Waals surface area contributed by atoms with Crippen LogP contribution in [0.5, 0.6) is 0 Å². The zero-order valence-corrected chi connectivity index (χ0v) is 20.5. The lowest BCUT2D eigenvalue weighted by atomic mass is 9.83. The van der Waals surface area contributed by atoms with Crippen molar-refractivity contribution in [1.82, 2.24) is 20.9 Å². The van der Waals surface area contributed by atoms with Crippen molar-refractivity contribution in [3.05, 3.63) is 77.3 Å². The van der Waals surface area contributed by atoms with Crippen LogP contribution in [0.2, 0.25) is 0 Å². The smallest absolute Gasteiger partial charge is 0.287 e. The van der Waals surface area contributed by atoms with Gasteiger partial charge in [0.15, 0.2) is 5.76 Å². The van der Waals surface area contributed by atoms with Gasteiger partial charge in [0.05, 0.1) is 0 Å². The molecular weight excluding hydrogens is 440 g/mol. The van der Waals surface area contributed by atoms with Crippen molar-refractivity contribution in [2.24, 2.45) is 5.92 Å². The van der Waals surface area contributed by atoms with Gasteiger partial charge in [0, 0.05) is 30.4 Å². The SMILES string of the molecule is CNCC(NC(=O)c1ccc(-c2cccc(CNC(=O)c3cccc(C)n3)c2)o1)C1CCCCC1. The van der Waals surface area contributed by atoms with Crippen LogP contribution in [0.1, 0.15) is 64.4 Å². The monoisotopic (exact) mass is 474 g/mol. The molecule has 3 aromatic rings. The molecule has 1 saturated carbocycles. The molecule has 1 fully saturated rings. The molecule has 2 aromatic heterocycles. The second-order valence-electron chi connectivity index (χ2n) is 9.25. The first-order chi connectivity index (χ1) is 17.0. The third kappa shape index (κ3) is 6.57. The molecule has 1 aliphatic rings. The molecule has 0 spiro atoms. The highest BCUT2D eigenvalue weighted by atomic mass is 16.3. The number of carbonyl (C=O) groups is 2. The lowest BCUT2D eigenvalue weighted by molar-refractivity contribution is 0.0884. The number of aromatic nitrogens is 1. The molecule has 0 bridgehead atoms. The van der Waals surface area contributed by atoms with E-state index in [0.717, 1.165) is 36.2 Å². The Labute approximate surface area is 206 Å². The predicted molar refractivity (Wildman–Crippen MR) is 136 cm³/mol. The van der Waals surface area contributed by atoms with Crippen molar-refractivity contribution in [2.45, 2.75) is 51.6 Å². The van der Waals surface area contributed by atoms with Gasteiger partial charge < -0.3 is 20.4 Å². The lowest BCUT2D eigenvalue weighted by Gasteiger charge is -2.30. The third-order valence-electron chi connectivity index (χ3n) is 6.57. The Morgan fingerprint density at radius 3 is 2.60 bits per heavy atom. The van der Waals surface area contributed by atoms with E-state index in [1.54, 1.807) is 12.1 Å². The fraction of sp³-hybridized carbons (Fsp3) is 0.393. The van der Waals surface area contributed by atoms with E-state index in [0.29, 0.717) is 29.7 Å². The van der Waals surface area contributed by atoms with Crippen molar-refractivity contribution < 1.29 is 14.0 Å². The Morgan fingerprint density at radius 1 is 1.03 bits per heavy atom. The number of nitrogens with one attached hydrogen (secondary N) is 3. The Hall–Kier alpha value is -3.45.